The molecule has 2 aromatic rings. The molecule has 3 nitrogen and oxygen atoms in total. The number of anilines is 2. The van der Waals surface area contributed by atoms with Gasteiger partial charge in [0.05, 0.1) is 5.02 Å². The number of nitrogens with zero attached hydrogens (tertiary/aromatic N) is 1. The maximum atomic E-state index is 5.79. The predicted molar refractivity (Wildman–Crippen MR) is 94.2 cm³/mol. The van der Waals surface area contributed by atoms with Crippen LogP contribution >= 0.6 is 23.8 Å². The van der Waals surface area contributed by atoms with E-state index in [2.05, 4.69) is 41.6 Å². The summed E-state index contributed by atoms with van der Waals surface area (Å²) in [5, 5.41) is 7.25. The Morgan fingerprint density at radius 2 is 1.90 bits per heavy atom. The topological polar surface area (TPSA) is 37.0 Å². The van der Waals surface area contributed by atoms with Gasteiger partial charge in [0.1, 0.15) is 5.82 Å². The normalized spacial score (nSPS) is 11.8. The lowest BCUT2D eigenvalue weighted by atomic mass is 9.99. The molecule has 0 bridgehead atoms. The molecule has 110 valence electrons. The monoisotopic (exact) mass is 319 g/mol. The van der Waals surface area contributed by atoms with E-state index in [1.165, 1.54) is 5.56 Å². The molecule has 1 atom stereocenters. The van der Waals surface area contributed by atoms with Gasteiger partial charge in [-0.2, -0.15) is 0 Å². The third-order valence-corrected chi connectivity index (χ3v) is 3.75. The average molecular weight is 320 g/mol. The van der Waals surface area contributed by atoms with E-state index in [1.54, 1.807) is 18.3 Å². The Hall–Kier alpha value is -1.65. The van der Waals surface area contributed by atoms with Crippen molar-refractivity contribution in [2.24, 2.45) is 0 Å². The molecule has 0 fully saturated rings. The first-order valence-corrected chi connectivity index (χ1v) is 7.66. The van der Waals surface area contributed by atoms with Crippen molar-refractivity contribution in [2.75, 3.05) is 10.6 Å². The summed E-state index contributed by atoms with van der Waals surface area (Å²) in [6, 6.07) is 11.9. The van der Waals surface area contributed by atoms with Crippen molar-refractivity contribution in [1.82, 2.24) is 4.98 Å². The number of thiocarbonyl (C=S) groups is 1. The van der Waals surface area contributed by atoms with Crippen LogP contribution in [0.1, 0.15) is 31.7 Å². The van der Waals surface area contributed by atoms with Crippen LogP contribution in [0.2, 0.25) is 5.02 Å². The number of pyridine rings is 1. The minimum atomic E-state index is 0.501. The molecule has 0 spiro atoms. The average Bonchev–Trinajstić information content (AvgIpc) is 2.49. The van der Waals surface area contributed by atoms with Crippen LogP contribution in [0.3, 0.4) is 0 Å². The summed E-state index contributed by atoms with van der Waals surface area (Å²) in [6.07, 6.45) is 2.71. The van der Waals surface area contributed by atoms with Gasteiger partial charge in [0.25, 0.3) is 0 Å². The molecule has 2 rings (SSSR count). The highest BCUT2D eigenvalue weighted by Crippen LogP contribution is 2.20. The number of aromatic nitrogens is 1. The van der Waals surface area contributed by atoms with E-state index in [0.29, 0.717) is 21.9 Å². The minimum Gasteiger partial charge on any atom is -0.332 e. The van der Waals surface area contributed by atoms with E-state index in [0.717, 1.165) is 12.1 Å². The summed E-state index contributed by atoms with van der Waals surface area (Å²) in [6.45, 7) is 4.41. The first-order valence-electron chi connectivity index (χ1n) is 6.88. The summed E-state index contributed by atoms with van der Waals surface area (Å²) in [5.74, 6) is 1.23. The van der Waals surface area contributed by atoms with Crippen LogP contribution in [0, 0.1) is 0 Å². The Morgan fingerprint density at radius 3 is 2.48 bits per heavy atom. The van der Waals surface area contributed by atoms with Crippen molar-refractivity contribution in [3.63, 3.8) is 0 Å². The molecular formula is C16H18ClN3S. The van der Waals surface area contributed by atoms with Gasteiger partial charge >= 0.3 is 0 Å². The highest BCUT2D eigenvalue weighted by Gasteiger charge is 2.04. The van der Waals surface area contributed by atoms with Gasteiger partial charge in [-0.1, -0.05) is 37.6 Å². The molecule has 21 heavy (non-hydrogen) atoms. The van der Waals surface area contributed by atoms with Crippen LogP contribution in [0.5, 0.6) is 0 Å². The van der Waals surface area contributed by atoms with Crippen molar-refractivity contribution in [3.8, 4) is 0 Å². The fraction of sp³-hybridized carbons (Fsp3) is 0.250. The molecule has 0 aliphatic heterocycles. The molecule has 1 heterocycles. The maximum Gasteiger partial charge on any atom is 0.176 e. The van der Waals surface area contributed by atoms with Crippen LogP contribution in [0.4, 0.5) is 11.5 Å². The summed E-state index contributed by atoms with van der Waals surface area (Å²) in [4.78, 5) is 4.14. The van der Waals surface area contributed by atoms with Gasteiger partial charge in [0.2, 0.25) is 0 Å². The number of nitrogens with one attached hydrogen (secondary N) is 2. The second kappa shape index (κ2) is 7.38. The highest BCUT2D eigenvalue weighted by atomic mass is 35.5. The molecule has 1 aromatic heterocycles. The van der Waals surface area contributed by atoms with E-state index in [1.807, 2.05) is 12.1 Å². The smallest absolute Gasteiger partial charge is 0.176 e. The molecular weight excluding hydrogens is 302 g/mol. The molecule has 0 saturated carbocycles. The van der Waals surface area contributed by atoms with Gasteiger partial charge in [-0.15, -0.1) is 0 Å². The van der Waals surface area contributed by atoms with Crippen molar-refractivity contribution in [3.05, 3.63) is 53.2 Å². The van der Waals surface area contributed by atoms with E-state index in [4.69, 9.17) is 23.8 Å². The minimum absolute atomic E-state index is 0.501. The number of hydrogen-bond donors (Lipinski definition) is 2. The second-order valence-electron chi connectivity index (χ2n) is 4.87. The zero-order chi connectivity index (χ0) is 15.2. The molecule has 0 aliphatic carbocycles. The molecule has 0 aliphatic rings. The zero-order valence-corrected chi connectivity index (χ0v) is 13.6. The van der Waals surface area contributed by atoms with E-state index in [-0.39, 0.29) is 0 Å². The molecule has 0 radical (unpaired) electrons. The fourth-order valence-electron chi connectivity index (χ4n) is 1.86. The molecule has 0 amide bonds. The quantitative estimate of drug-likeness (QED) is 0.773. The number of rotatable bonds is 4. The predicted octanol–water partition coefficient (Wildman–Crippen LogP) is 5.06. The summed E-state index contributed by atoms with van der Waals surface area (Å²) in [5.41, 5.74) is 2.29. The number of hydrogen-bond acceptors (Lipinski definition) is 2. The molecule has 1 unspecified atom stereocenters. The number of halogens is 1. The van der Waals surface area contributed by atoms with E-state index in [9.17, 15) is 0 Å². The van der Waals surface area contributed by atoms with Gasteiger partial charge in [-0.3, -0.25) is 0 Å². The van der Waals surface area contributed by atoms with Crippen LogP contribution < -0.4 is 10.6 Å². The van der Waals surface area contributed by atoms with Gasteiger partial charge in [-0.25, -0.2) is 4.98 Å². The Bertz CT molecular complexity index is 596. The highest BCUT2D eigenvalue weighted by molar-refractivity contribution is 7.80. The van der Waals surface area contributed by atoms with Crippen LogP contribution in [-0.2, 0) is 0 Å². The van der Waals surface area contributed by atoms with Crippen LogP contribution in [0.15, 0.2) is 42.6 Å². The largest absolute Gasteiger partial charge is 0.332 e. The molecule has 1 aromatic carbocycles. The van der Waals surface area contributed by atoms with Crippen molar-refractivity contribution >= 4 is 40.4 Å². The fourth-order valence-corrected chi connectivity index (χ4v) is 2.19. The van der Waals surface area contributed by atoms with E-state index < -0.39 is 0 Å². The first-order chi connectivity index (χ1) is 10.1. The lowest BCUT2D eigenvalue weighted by Crippen LogP contribution is -2.19. The van der Waals surface area contributed by atoms with Crippen LogP contribution in [-0.4, -0.2) is 10.1 Å². The third kappa shape index (κ3) is 4.69. The standard InChI is InChI=1S/C16H18ClN3S/c1-3-11(2)12-4-7-14(8-5-12)19-16(21)20-15-9-6-13(17)10-18-15/h4-11H,3H2,1-2H3,(H2,18,19,20,21). The lowest BCUT2D eigenvalue weighted by molar-refractivity contribution is 0.734. The van der Waals surface area contributed by atoms with Crippen molar-refractivity contribution in [1.29, 1.82) is 0 Å². The Labute approximate surface area is 135 Å². The van der Waals surface area contributed by atoms with Crippen molar-refractivity contribution < 1.29 is 0 Å². The zero-order valence-electron chi connectivity index (χ0n) is 12.1. The number of benzene rings is 1. The van der Waals surface area contributed by atoms with Gasteiger partial charge in [0, 0.05) is 11.9 Å². The Morgan fingerprint density at radius 1 is 1.19 bits per heavy atom. The van der Waals surface area contributed by atoms with Gasteiger partial charge < -0.3 is 10.6 Å². The molecule has 0 saturated heterocycles. The lowest BCUT2D eigenvalue weighted by Gasteiger charge is -2.12. The third-order valence-electron chi connectivity index (χ3n) is 3.32. The SMILES string of the molecule is CCC(C)c1ccc(NC(=S)Nc2ccc(Cl)cn2)cc1. The Kier molecular flexibility index (Phi) is 5.53. The molecule has 2 N–H and O–H groups in total. The van der Waals surface area contributed by atoms with E-state index >= 15 is 0 Å². The van der Waals surface area contributed by atoms with Crippen molar-refractivity contribution in [2.45, 2.75) is 26.2 Å². The summed E-state index contributed by atoms with van der Waals surface area (Å²) < 4.78 is 0. The Balaban J connectivity index is 1.94. The van der Waals surface area contributed by atoms with Gasteiger partial charge in [-0.05, 0) is 54.4 Å². The second-order valence-corrected chi connectivity index (χ2v) is 5.72. The maximum absolute atomic E-state index is 5.79. The van der Waals surface area contributed by atoms with Crippen LogP contribution in [0.25, 0.3) is 0 Å². The summed E-state index contributed by atoms with van der Waals surface area (Å²) in [7, 11) is 0. The molecule has 5 heteroatoms. The van der Waals surface area contributed by atoms with Gasteiger partial charge in [0.15, 0.2) is 5.11 Å². The summed E-state index contributed by atoms with van der Waals surface area (Å²) >= 11 is 11.1. The first kappa shape index (κ1) is 15.7.